The lowest BCUT2D eigenvalue weighted by Gasteiger charge is -2.07. The zero-order valence-corrected chi connectivity index (χ0v) is 20.5. The van der Waals surface area contributed by atoms with Gasteiger partial charge in [-0.05, 0) is 84.9 Å². The van der Waals surface area contributed by atoms with Crippen LogP contribution in [0.4, 0.5) is 0 Å². The number of benzene rings is 4. The first-order valence-electron chi connectivity index (χ1n) is 10.2. The Balaban J connectivity index is 1.39. The molecule has 35 heavy (non-hydrogen) atoms. The van der Waals surface area contributed by atoms with E-state index in [4.69, 9.17) is 10.5 Å². The molecule has 0 N–H and O–H groups in total. The van der Waals surface area contributed by atoms with E-state index in [9.17, 15) is 10.5 Å². The summed E-state index contributed by atoms with van der Waals surface area (Å²) in [5, 5.41) is 36.6. The van der Waals surface area contributed by atoms with Crippen molar-refractivity contribution in [3.05, 3.63) is 107 Å². The molecule has 0 atom stereocenters. The lowest BCUT2D eigenvalue weighted by atomic mass is 10.1. The highest BCUT2D eigenvalue weighted by Crippen LogP contribution is 2.35. The van der Waals surface area contributed by atoms with Crippen molar-refractivity contribution in [2.75, 3.05) is 0 Å². The summed E-state index contributed by atoms with van der Waals surface area (Å²) < 4.78 is 0. The van der Waals surface area contributed by atoms with Crippen LogP contribution in [0.3, 0.4) is 0 Å². The molecule has 0 aromatic heterocycles. The topological polar surface area (TPSA) is 95.2 Å². The summed E-state index contributed by atoms with van der Waals surface area (Å²) in [4.78, 5) is 6.15. The Bertz CT molecular complexity index is 1430. The minimum Gasteiger partial charge on any atom is -0.192 e. The van der Waals surface area contributed by atoms with E-state index in [-0.39, 0.29) is 0 Å². The van der Waals surface area contributed by atoms with Crippen molar-refractivity contribution in [3.63, 3.8) is 0 Å². The third kappa shape index (κ3) is 6.07. The van der Waals surface area contributed by atoms with E-state index in [0.717, 1.165) is 29.4 Å². The van der Waals surface area contributed by atoms with Crippen LogP contribution in [0.25, 0.3) is 0 Å². The first-order valence-corrected chi connectivity index (χ1v) is 12.7. The molecule has 0 aliphatic carbocycles. The fourth-order valence-electron chi connectivity index (χ4n) is 3.11. The van der Waals surface area contributed by atoms with Gasteiger partial charge in [-0.2, -0.15) is 21.0 Å². The van der Waals surface area contributed by atoms with Crippen molar-refractivity contribution >= 4 is 35.3 Å². The molecule has 0 fully saturated rings. The molecule has 0 amide bonds. The van der Waals surface area contributed by atoms with Crippen LogP contribution in [0, 0.1) is 45.3 Å². The highest BCUT2D eigenvalue weighted by molar-refractivity contribution is 8.00. The Morgan fingerprint density at radius 3 is 0.886 bits per heavy atom. The Morgan fingerprint density at radius 2 is 0.600 bits per heavy atom. The Kier molecular flexibility index (Phi) is 7.79. The van der Waals surface area contributed by atoms with E-state index in [1.807, 2.05) is 48.5 Å². The van der Waals surface area contributed by atoms with Crippen molar-refractivity contribution in [1.82, 2.24) is 0 Å². The van der Waals surface area contributed by atoms with Gasteiger partial charge in [0.05, 0.1) is 22.3 Å². The van der Waals surface area contributed by atoms with Gasteiger partial charge in [-0.15, -0.1) is 0 Å². The largest absolute Gasteiger partial charge is 0.192 e. The molecule has 4 aromatic carbocycles. The van der Waals surface area contributed by atoms with Crippen LogP contribution in [-0.2, 0) is 0 Å². The quantitative estimate of drug-likeness (QED) is 0.267. The molecular weight excluding hydrogens is 489 g/mol. The van der Waals surface area contributed by atoms with Crippen LogP contribution in [0.5, 0.6) is 0 Å². The van der Waals surface area contributed by atoms with Gasteiger partial charge in [0, 0.05) is 29.4 Å². The summed E-state index contributed by atoms with van der Waals surface area (Å²) in [6, 6.07) is 35.2. The highest BCUT2D eigenvalue weighted by Gasteiger charge is 2.07. The van der Waals surface area contributed by atoms with Gasteiger partial charge in [0.1, 0.15) is 24.3 Å². The second-order valence-corrected chi connectivity index (χ2v) is 10.6. The minimum absolute atomic E-state index is 0.385. The number of nitriles is 4. The number of rotatable bonds is 6. The third-order valence-electron chi connectivity index (χ3n) is 4.82. The first kappa shape index (κ1) is 24.0. The first-order chi connectivity index (χ1) is 17.1. The SMILES string of the molecule is N#Cc1ccc(Sc2ccc(Sc3ccc(Sc4ccc(C#N)c(C#N)c4)cc3)cc2)cc1C#N. The predicted octanol–water partition coefficient (Wildman–Crippen LogP) is 7.63. The summed E-state index contributed by atoms with van der Waals surface area (Å²) in [6.07, 6.45) is 0. The zero-order chi connectivity index (χ0) is 24.6. The van der Waals surface area contributed by atoms with E-state index in [2.05, 4.69) is 36.4 Å². The van der Waals surface area contributed by atoms with Crippen molar-refractivity contribution in [2.45, 2.75) is 29.4 Å². The molecule has 0 aliphatic rings. The smallest absolute Gasteiger partial charge is 0.101 e. The van der Waals surface area contributed by atoms with Crippen LogP contribution >= 0.6 is 35.3 Å². The van der Waals surface area contributed by atoms with Crippen LogP contribution in [-0.4, -0.2) is 0 Å². The summed E-state index contributed by atoms with van der Waals surface area (Å²) in [6.45, 7) is 0. The summed E-state index contributed by atoms with van der Waals surface area (Å²) in [5.41, 5.74) is 1.54. The van der Waals surface area contributed by atoms with Gasteiger partial charge in [0.2, 0.25) is 0 Å². The van der Waals surface area contributed by atoms with Crippen LogP contribution < -0.4 is 0 Å². The van der Waals surface area contributed by atoms with E-state index >= 15 is 0 Å². The molecule has 7 heteroatoms. The van der Waals surface area contributed by atoms with Gasteiger partial charge >= 0.3 is 0 Å². The second-order valence-electron chi connectivity index (χ2n) is 7.11. The molecule has 0 radical (unpaired) electrons. The Hall–Kier alpha value is -4.11. The van der Waals surface area contributed by atoms with Gasteiger partial charge in [-0.1, -0.05) is 35.3 Å². The highest BCUT2D eigenvalue weighted by atomic mass is 32.2. The van der Waals surface area contributed by atoms with Gasteiger partial charge < -0.3 is 0 Å². The monoisotopic (exact) mass is 502 g/mol. The summed E-state index contributed by atoms with van der Waals surface area (Å²) in [5.74, 6) is 0. The predicted molar refractivity (Wildman–Crippen MR) is 137 cm³/mol. The molecule has 0 spiro atoms. The van der Waals surface area contributed by atoms with Crippen LogP contribution in [0.15, 0.2) is 114 Å². The summed E-state index contributed by atoms with van der Waals surface area (Å²) >= 11 is 4.76. The molecule has 0 saturated heterocycles. The third-order valence-corrected chi connectivity index (χ3v) is 7.83. The average molecular weight is 503 g/mol. The Labute approximate surface area is 216 Å². The van der Waals surface area contributed by atoms with Crippen molar-refractivity contribution in [1.29, 1.82) is 21.0 Å². The summed E-state index contributed by atoms with van der Waals surface area (Å²) in [7, 11) is 0. The van der Waals surface area contributed by atoms with Crippen LogP contribution in [0.1, 0.15) is 22.3 Å². The standard InChI is InChI=1S/C28H14N4S3/c29-15-19-1-3-27(13-21(19)17-31)34-25-9-5-23(6-10-25)33-24-7-11-26(12-8-24)35-28-4-2-20(16-30)22(14-28)18-32/h1-14H. The number of hydrogen-bond acceptors (Lipinski definition) is 7. The molecule has 4 rings (SSSR count). The van der Waals surface area contributed by atoms with Crippen LogP contribution in [0.2, 0.25) is 0 Å². The normalized spacial score (nSPS) is 9.94. The molecule has 0 heterocycles. The Morgan fingerprint density at radius 1 is 0.343 bits per heavy atom. The van der Waals surface area contributed by atoms with Gasteiger partial charge in [-0.3, -0.25) is 0 Å². The molecule has 164 valence electrons. The zero-order valence-electron chi connectivity index (χ0n) is 18.1. The molecule has 0 aliphatic heterocycles. The maximum Gasteiger partial charge on any atom is 0.101 e. The van der Waals surface area contributed by atoms with Crippen molar-refractivity contribution < 1.29 is 0 Å². The number of nitrogens with zero attached hydrogens (tertiary/aromatic N) is 4. The van der Waals surface area contributed by atoms with Gasteiger partial charge in [-0.25, -0.2) is 0 Å². The second kappa shape index (κ2) is 11.3. The van der Waals surface area contributed by atoms with Gasteiger partial charge in [0.25, 0.3) is 0 Å². The van der Waals surface area contributed by atoms with E-state index < -0.39 is 0 Å². The fraction of sp³-hybridized carbons (Fsp3) is 0. The number of hydrogen-bond donors (Lipinski definition) is 0. The maximum atomic E-state index is 9.21. The van der Waals surface area contributed by atoms with Crippen molar-refractivity contribution in [2.24, 2.45) is 0 Å². The average Bonchev–Trinajstić information content (AvgIpc) is 2.90. The molecule has 4 aromatic rings. The molecule has 0 unspecified atom stereocenters. The fourth-order valence-corrected chi connectivity index (χ4v) is 5.64. The molecule has 4 nitrogen and oxygen atoms in total. The lowest BCUT2D eigenvalue weighted by Crippen LogP contribution is -1.84. The minimum atomic E-state index is 0.385. The van der Waals surface area contributed by atoms with Gasteiger partial charge in [0.15, 0.2) is 0 Å². The molecule has 0 saturated carbocycles. The maximum absolute atomic E-state index is 9.21. The van der Waals surface area contributed by atoms with Crippen molar-refractivity contribution in [3.8, 4) is 24.3 Å². The molecule has 0 bridgehead atoms. The van der Waals surface area contributed by atoms with E-state index in [0.29, 0.717) is 22.3 Å². The molecular formula is C28H14N4S3. The van der Waals surface area contributed by atoms with E-state index in [1.165, 1.54) is 0 Å². The lowest BCUT2D eigenvalue weighted by molar-refractivity contribution is 1.30. The van der Waals surface area contributed by atoms with E-state index in [1.54, 1.807) is 59.6 Å².